The molecule has 0 spiro atoms. The number of aliphatic imine (C=N–C) groups is 1. The smallest absolute Gasteiger partial charge is 0.0997 e. The third-order valence-corrected chi connectivity index (χ3v) is 3.68. The van der Waals surface area contributed by atoms with E-state index in [2.05, 4.69) is 19.8 Å². The van der Waals surface area contributed by atoms with Gasteiger partial charge in [0.15, 0.2) is 0 Å². The molecule has 0 radical (unpaired) electrons. The van der Waals surface area contributed by atoms with Gasteiger partial charge in [-0.15, -0.1) is 0 Å². The third-order valence-electron chi connectivity index (χ3n) is 3.29. The van der Waals surface area contributed by atoms with Gasteiger partial charge in [-0.3, -0.25) is 9.98 Å². The second kappa shape index (κ2) is 6.10. The highest BCUT2D eigenvalue weighted by Crippen LogP contribution is 2.12. The van der Waals surface area contributed by atoms with E-state index in [-0.39, 0.29) is 0 Å². The van der Waals surface area contributed by atoms with E-state index in [4.69, 9.17) is 12.2 Å². The van der Waals surface area contributed by atoms with E-state index in [0.717, 1.165) is 35.2 Å². The van der Waals surface area contributed by atoms with E-state index in [1.54, 1.807) is 0 Å². The van der Waals surface area contributed by atoms with Crippen LogP contribution in [-0.4, -0.2) is 54.3 Å². The minimum absolute atomic E-state index is 0.592. The van der Waals surface area contributed by atoms with Crippen molar-refractivity contribution in [1.82, 2.24) is 9.88 Å². The molecule has 0 bridgehead atoms. The lowest BCUT2D eigenvalue weighted by atomic mass is 10.2. The molecule has 5 heteroatoms. The Labute approximate surface area is 120 Å². The number of hydrogen-bond donors (Lipinski definition) is 0. The molecule has 1 aromatic rings. The number of thiocarbonyl (C=S) groups is 1. The molecule has 0 aliphatic carbocycles. The Balaban J connectivity index is 2.03. The number of rotatable bonds is 4. The predicted molar refractivity (Wildman–Crippen MR) is 84.4 cm³/mol. The lowest BCUT2D eigenvalue weighted by Crippen LogP contribution is -2.42. The van der Waals surface area contributed by atoms with Gasteiger partial charge in [-0.1, -0.05) is 12.2 Å². The summed E-state index contributed by atoms with van der Waals surface area (Å²) in [5, 5.41) is 0. The zero-order valence-electron chi connectivity index (χ0n) is 11.8. The van der Waals surface area contributed by atoms with Gasteiger partial charge < -0.3 is 9.80 Å². The Morgan fingerprint density at radius 3 is 2.79 bits per heavy atom. The number of likely N-dealkylation sites (tertiary alicyclic amines) is 1. The van der Waals surface area contributed by atoms with Crippen LogP contribution < -0.4 is 4.90 Å². The van der Waals surface area contributed by atoms with Crippen molar-refractivity contribution in [3.05, 3.63) is 24.0 Å². The molecule has 0 amide bonds. The summed E-state index contributed by atoms with van der Waals surface area (Å²) in [7, 11) is 4.04. The summed E-state index contributed by atoms with van der Waals surface area (Å²) in [4.78, 5) is 14.1. The third kappa shape index (κ3) is 3.50. The molecule has 2 heterocycles. The van der Waals surface area contributed by atoms with Gasteiger partial charge in [0.1, 0.15) is 0 Å². The maximum absolute atomic E-state index is 5.35. The maximum Gasteiger partial charge on any atom is 0.0997 e. The van der Waals surface area contributed by atoms with E-state index in [1.807, 2.05) is 39.3 Å². The van der Waals surface area contributed by atoms with Crippen LogP contribution in [0.2, 0.25) is 0 Å². The minimum atomic E-state index is 0.592. The van der Waals surface area contributed by atoms with Gasteiger partial charge in [0.25, 0.3) is 0 Å². The van der Waals surface area contributed by atoms with Crippen molar-refractivity contribution >= 4 is 28.6 Å². The Morgan fingerprint density at radius 1 is 1.47 bits per heavy atom. The lowest BCUT2D eigenvalue weighted by molar-refractivity contribution is 0.302. The van der Waals surface area contributed by atoms with Crippen molar-refractivity contribution in [2.45, 2.75) is 13.3 Å². The van der Waals surface area contributed by atoms with Gasteiger partial charge >= 0.3 is 0 Å². The van der Waals surface area contributed by atoms with Crippen LogP contribution in [0.15, 0.2) is 23.3 Å². The second-order valence-electron chi connectivity index (χ2n) is 4.93. The van der Waals surface area contributed by atoms with E-state index in [9.17, 15) is 0 Å². The van der Waals surface area contributed by atoms with Gasteiger partial charge in [0.2, 0.25) is 0 Å². The molecule has 1 aliphatic heterocycles. The van der Waals surface area contributed by atoms with Gasteiger partial charge in [-0.05, 0) is 25.5 Å². The van der Waals surface area contributed by atoms with Crippen molar-refractivity contribution in [2.75, 3.05) is 38.6 Å². The van der Waals surface area contributed by atoms with Crippen LogP contribution in [0.3, 0.4) is 0 Å². The van der Waals surface area contributed by atoms with Gasteiger partial charge in [0, 0.05) is 39.1 Å². The first-order valence-electron chi connectivity index (χ1n) is 6.50. The first-order valence-corrected chi connectivity index (χ1v) is 6.91. The first kappa shape index (κ1) is 13.9. The molecule has 1 aliphatic rings. The maximum atomic E-state index is 5.35. The molecule has 0 aromatic carbocycles. The molecule has 1 fully saturated rings. The molecule has 102 valence electrons. The Hall–Kier alpha value is -1.49. The molecule has 2 rings (SSSR count). The number of anilines is 1. The average Bonchev–Trinajstić information content (AvgIpc) is 2.34. The summed E-state index contributed by atoms with van der Waals surface area (Å²) in [5.74, 6) is 0. The summed E-state index contributed by atoms with van der Waals surface area (Å²) in [6, 6.07) is 4.03. The van der Waals surface area contributed by atoms with E-state index < -0.39 is 0 Å². The lowest BCUT2D eigenvalue weighted by Gasteiger charge is -2.32. The number of pyridine rings is 1. The molecular formula is C14H20N4S. The predicted octanol–water partition coefficient (Wildman–Crippen LogP) is 1.99. The normalized spacial score (nSPS) is 15.1. The van der Waals surface area contributed by atoms with E-state index in [0.29, 0.717) is 6.54 Å². The quantitative estimate of drug-likeness (QED) is 0.622. The standard InChI is InChI=1S/C14H20N4S/c1-11(16-10-14(19)18-7-4-8-18)13-9-12(17(2)3)5-6-15-13/h5-6,9H,4,7-8,10H2,1-3H3. The van der Waals surface area contributed by atoms with Crippen molar-refractivity contribution in [1.29, 1.82) is 0 Å². The van der Waals surface area contributed by atoms with Crippen LogP contribution in [0.5, 0.6) is 0 Å². The van der Waals surface area contributed by atoms with Crippen molar-refractivity contribution in [2.24, 2.45) is 4.99 Å². The Morgan fingerprint density at radius 2 is 2.21 bits per heavy atom. The first-order chi connectivity index (χ1) is 9.08. The molecule has 4 nitrogen and oxygen atoms in total. The van der Waals surface area contributed by atoms with Crippen LogP contribution in [0.1, 0.15) is 19.0 Å². The topological polar surface area (TPSA) is 31.7 Å². The number of aromatic nitrogens is 1. The summed E-state index contributed by atoms with van der Waals surface area (Å²) in [5.41, 5.74) is 2.98. The second-order valence-corrected chi connectivity index (χ2v) is 5.40. The van der Waals surface area contributed by atoms with Gasteiger partial charge in [-0.2, -0.15) is 0 Å². The molecule has 0 unspecified atom stereocenters. The fourth-order valence-electron chi connectivity index (χ4n) is 1.83. The minimum Gasteiger partial charge on any atom is -0.378 e. The molecule has 0 saturated carbocycles. The van der Waals surface area contributed by atoms with Crippen LogP contribution in [0.25, 0.3) is 0 Å². The largest absolute Gasteiger partial charge is 0.378 e. The zero-order valence-corrected chi connectivity index (χ0v) is 12.6. The van der Waals surface area contributed by atoms with E-state index in [1.165, 1.54) is 6.42 Å². The fourth-order valence-corrected chi connectivity index (χ4v) is 2.08. The summed E-state index contributed by atoms with van der Waals surface area (Å²) in [6.45, 7) is 4.75. The molecule has 1 aromatic heterocycles. The summed E-state index contributed by atoms with van der Waals surface area (Å²) < 4.78 is 0. The van der Waals surface area contributed by atoms with E-state index >= 15 is 0 Å². The van der Waals surface area contributed by atoms with Crippen LogP contribution in [0, 0.1) is 0 Å². The van der Waals surface area contributed by atoms with Crippen LogP contribution in [-0.2, 0) is 0 Å². The van der Waals surface area contributed by atoms with Gasteiger partial charge in [-0.25, -0.2) is 0 Å². The van der Waals surface area contributed by atoms with Crippen LogP contribution in [0.4, 0.5) is 5.69 Å². The SMILES string of the molecule is CC(=NCC(=S)N1CCC1)c1cc(N(C)C)ccn1. The van der Waals surface area contributed by atoms with Gasteiger partial charge in [0.05, 0.1) is 22.9 Å². The van der Waals surface area contributed by atoms with Crippen molar-refractivity contribution in [3.63, 3.8) is 0 Å². The highest BCUT2D eigenvalue weighted by atomic mass is 32.1. The zero-order chi connectivity index (χ0) is 13.8. The molecule has 0 N–H and O–H groups in total. The fraction of sp³-hybridized carbons (Fsp3) is 0.500. The molecule has 1 saturated heterocycles. The number of nitrogens with zero attached hydrogens (tertiary/aromatic N) is 4. The monoisotopic (exact) mass is 276 g/mol. The van der Waals surface area contributed by atoms with Crippen molar-refractivity contribution < 1.29 is 0 Å². The molecule has 0 atom stereocenters. The van der Waals surface area contributed by atoms with Crippen molar-refractivity contribution in [3.8, 4) is 0 Å². The highest BCUT2D eigenvalue weighted by Gasteiger charge is 2.16. The number of hydrogen-bond acceptors (Lipinski definition) is 4. The Kier molecular flexibility index (Phi) is 4.47. The summed E-state index contributed by atoms with van der Waals surface area (Å²) in [6.07, 6.45) is 3.06. The van der Waals surface area contributed by atoms with Crippen LogP contribution >= 0.6 is 12.2 Å². The average molecular weight is 276 g/mol. The summed E-state index contributed by atoms with van der Waals surface area (Å²) >= 11 is 5.35. The molecular weight excluding hydrogens is 256 g/mol. The Bertz CT molecular complexity index is 492. The molecule has 19 heavy (non-hydrogen) atoms. The highest BCUT2D eigenvalue weighted by molar-refractivity contribution is 7.80.